The van der Waals surface area contributed by atoms with Crippen molar-refractivity contribution in [2.24, 2.45) is 16.6 Å². The van der Waals surface area contributed by atoms with Crippen molar-refractivity contribution in [1.29, 1.82) is 0 Å². The van der Waals surface area contributed by atoms with Gasteiger partial charge in [-0.3, -0.25) is 9.89 Å². The Morgan fingerprint density at radius 3 is 2.71 bits per heavy atom. The summed E-state index contributed by atoms with van der Waals surface area (Å²) in [6.45, 7) is 11.9. The monoisotopic (exact) mass is 240 g/mol. The van der Waals surface area contributed by atoms with Crippen LogP contribution in [-0.2, 0) is 0 Å². The second-order valence-corrected chi connectivity index (χ2v) is 5.71. The Bertz CT molecular complexity index is 248. The number of aliphatic imine (C=N–C) groups is 1. The minimum absolute atomic E-state index is 0.356. The SMILES string of the molecule is CC(C)CN1CCC[C@H]1CN=C(N)NC(C)C. The second-order valence-electron chi connectivity index (χ2n) is 5.71. The molecule has 17 heavy (non-hydrogen) atoms. The summed E-state index contributed by atoms with van der Waals surface area (Å²) in [6.07, 6.45) is 2.55. The first-order chi connectivity index (χ1) is 7.99. The highest BCUT2D eigenvalue weighted by Crippen LogP contribution is 2.18. The van der Waals surface area contributed by atoms with Crippen LogP contribution in [0.2, 0.25) is 0 Å². The number of guanidine groups is 1. The van der Waals surface area contributed by atoms with Crippen LogP contribution >= 0.6 is 0 Å². The summed E-state index contributed by atoms with van der Waals surface area (Å²) < 4.78 is 0. The first-order valence-corrected chi connectivity index (χ1v) is 6.79. The fourth-order valence-electron chi connectivity index (χ4n) is 2.36. The van der Waals surface area contributed by atoms with Crippen LogP contribution in [0.4, 0.5) is 0 Å². The van der Waals surface area contributed by atoms with Crippen LogP contribution in [-0.4, -0.2) is 42.6 Å². The normalized spacial score (nSPS) is 22.7. The summed E-state index contributed by atoms with van der Waals surface area (Å²) in [4.78, 5) is 7.00. The molecule has 1 rings (SSSR count). The van der Waals surface area contributed by atoms with E-state index in [2.05, 4.69) is 42.9 Å². The van der Waals surface area contributed by atoms with Gasteiger partial charge in [-0.25, -0.2) is 0 Å². The lowest BCUT2D eigenvalue weighted by Gasteiger charge is -2.25. The van der Waals surface area contributed by atoms with E-state index in [1.54, 1.807) is 0 Å². The summed E-state index contributed by atoms with van der Waals surface area (Å²) >= 11 is 0. The molecular weight excluding hydrogens is 212 g/mol. The molecule has 1 fully saturated rings. The first-order valence-electron chi connectivity index (χ1n) is 6.79. The van der Waals surface area contributed by atoms with Gasteiger partial charge in [0.15, 0.2) is 5.96 Å². The fraction of sp³-hybridized carbons (Fsp3) is 0.923. The molecule has 1 heterocycles. The smallest absolute Gasteiger partial charge is 0.188 e. The van der Waals surface area contributed by atoms with E-state index < -0.39 is 0 Å². The van der Waals surface area contributed by atoms with E-state index in [4.69, 9.17) is 5.73 Å². The average molecular weight is 240 g/mol. The zero-order valence-corrected chi connectivity index (χ0v) is 11.7. The average Bonchev–Trinajstić information content (AvgIpc) is 2.60. The van der Waals surface area contributed by atoms with Crippen LogP contribution in [0.15, 0.2) is 4.99 Å². The van der Waals surface area contributed by atoms with Gasteiger partial charge in [0.05, 0.1) is 6.54 Å². The van der Waals surface area contributed by atoms with E-state index in [0.717, 1.165) is 12.5 Å². The molecular formula is C13H28N4. The Kier molecular flexibility index (Phi) is 5.75. The zero-order valence-electron chi connectivity index (χ0n) is 11.7. The largest absolute Gasteiger partial charge is 0.370 e. The second kappa shape index (κ2) is 6.84. The summed E-state index contributed by atoms with van der Waals surface area (Å²) in [5.41, 5.74) is 5.82. The summed E-state index contributed by atoms with van der Waals surface area (Å²) in [6, 6.07) is 0.944. The molecule has 1 atom stereocenters. The maximum Gasteiger partial charge on any atom is 0.188 e. The molecule has 1 aliphatic heterocycles. The van der Waals surface area contributed by atoms with Gasteiger partial charge in [0.25, 0.3) is 0 Å². The van der Waals surface area contributed by atoms with Gasteiger partial charge in [0, 0.05) is 18.6 Å². The molecule has 0 aliphatic carbocycles. The maximum atomic E-state index is 5.82. The predicted octanol–water partition coefficient (Wildman–Crippen LogP) is 1.42. The Hall–Kier alpha value is -0.770. The highest BCUT2D eigenvalue weighted by Gasteiger charge is 2.24. The molecule has 4 nitrogen and oxygen atoms in total. The number of hydrogen-bond acceptors (Lipinski definition) is 2. The standard InChI is InChI=1S/C13H28N4/c1-10(2)9-17-7-5-6-12(17)8-15-13(14)16-11(3)4/h10-12H,5-9H2,1-4H3,(H3,14,15,16)/t12-/m0/s1. The van der Waals surface area contributed by atoms with Gasteiger partial charge < -0.3 is 11.1 Å². The molecule has 100 valence electrons. The summed E-state index contributed by atoms with van der Waals surface area (Å²) in [7, 11) is 0. The van der Waals surface area contributed by atoms with E-state index in [9.17, 15) is 0 Å². The fourth-order valence-corrected chi connectivity index (χ4v) is 2.36. The van der Waals surface area contributed by atoms with Gasteiger partial charge >= 0.3 is 0 Å². The minimum Gasteiger partial charge on any atom is -0.370 e. The predicted molar refractivity (Wildman–Crippen MR) is 74.2 cm³/mol. The molecule has 0 radical (unpaired) electrons. The Morgan fingerprint density at radius 1 is 1.41 bits per heavy atom. The summed E-state index contributed by atoms with van der Waals surface area (Å²) in [5.74, 6) is 1.31. The lowest BCUT2D eigenvalue weighted by Crippen LogP contribution is -2.39. The van der Waals surface area contributed by atoms with E-state index in [0.29, 0.717) is 18.0 Å². The Morgan fingerprint density at radius 2 is 2.12 bits per heavy atom. The molecule has 0 aromatic rings. The van der Waals surface area contributed by atoms with Crippen molar-refractivity contribution >= 4 is 5.96 Å². The van der Waals surface area contributed by atoms with Crippen LogP contribution in [0.25, 0.3) is 0 Å². The topological polar surface area (TPSA) is 53.6 Å². The van der Waals surface area contributed by atoms with Crippen LogP contribution in [0.5, 0.6) is 0 Å². The van der Waals surface area contributed by atoms with E-state index in [1.807, 2.05) is 0 Å². The van der Waals surface area contributed by atoms with Gasteiger partial charge in [0.2, 0.25) is 0 Å². The van der Waals surface area contributed by atoms with E-state index in [-0.39, 0.29) is 0 Å². The lowest BCUT2D eigenvalue weighted by atomic mass is 10.2. The van der Waals surface area contributed by atoms with E-state index >= 15 is 0 Å². The molecule has 4 heteroatoms. The highest BCUT2D eigenvalue weighted by atomic mass is 15.2. The molecule has 1 aliphatic rings. The highest BCUT2D eigenvalue weighted by molar-refractivity contribution is 5.78. The molecule has 0 aromatic carbocycles. The van der Waals surface area contributed by atoms with Gasteiger partial charge in [0.1, 0.15) is 0 Å². The molecule has 0 unspecified atom stereocenters. The van der Waals surface area contributed by atoms with Gasteiger partial charge in [-0.05, 0) is 39.2 Å². The van der Waals surface area contributed by atoms with Crippen molar-refractivity contribution in [3.63, 3.8) is 0 Å². The molecule has 0 bridgehead atoms. The van der Waals surface area contributed by atoms with Gasteiger partial charge in [-0.1, -0.05) is 13.8 Å². The van der Waals surface area contributed by atoms with Crippen LogP contribution in [0, 0.1) is 5.92 Å². The third-order valence-electron chi connectivity index (χ3n) is 3.01. The first kappa shape index (κ1) is 14.3. The third-order valence-corrected chi connectivity index (χ3v) is 3.01. The van der Waals surface area contributed by atoms with Crippen molar-refractivity contribution in [2.75, 3.05) is 19.6 Å². The van der Waals surface area contributed by atoms with Crippen molar-refractivity contribution in [2.45, 2.75) is 52.6 Å². The number of hydrogen-bond donors (Lipinski definition) is 2. The molecule has 0 aromatic heterocycles. The molecule has 1 saturated heterocycles. The molecule has 0 spiro atoms. The van der Waals surface area contributed by atoms with Crippen molar-refractivity contribution in [3.8, 4) is 0 Å². The van der Waals surface area contributed by atoms with E-state index in [1.165, 1.54) is 25.9 Å². The number of nitrogens with one attached hydrogen (secondary N) is 1. The van der Waals surface area contributed by atoms with Crippen molar-refractivity contribution in [3.05, 3.63) is 0 Å². The van der Waals surface area contributed by atoms with Crippen LogP contribution in [0.3, 0.4) is 0 Å². The number of nitrogens with zero attached hydrogens (tertiary/aromatic N) is 2. The minimum atomic E-state index is 0.356. The molecule has 0 amide bonds. The van der Waals surface area contributed by atoms with Crippen LogP contribution in [0.1, 0.15) is 40.5 Å². The number of nitrogens with two attached hydrogens (primary N) is 1. The van der Waals surface area contributed by atoms with Gasteiger partial charge in [-0.2, -0.15) is 0 Å². The third kappa shape index (κ3) is 5.39. The molecule has 0 saturated carbocycles. The lowest BCUT2D eigenvalue weighted by molar-refractivity contribution is 0.231. The van der Waals surface area contributed by atoms with Crippen molar-refractivity contribution in [1.82, 2.24) is 10.2 Å². The van der Waals surface area contributed by atoms with Crippen molar-refractivity contribution < 1.29 is 0 Å². The molecule has 3 N–H and O–H groups in total. The Labute approximate surface area is 106 Å². The Balaban J connectivity index is 2.39. The number of rotatable bonds is 5. The maximum absolute atomic E-state index is 5.82. The zero-order chi connectivity index (χ0) is 12.8. The van der Waals surface area contributed by atoms with Gasteiger partial charge in [-0.15, -0.1) is 0 Å². The van der Waals surface area contributed by atoms with Crippen LogP contribution < -0.4 is 11.1 Å². The summed E-state index contributed by atoms with van der Waals surface area (Å²) in [5, 5.41) is 3.13. The number of likely N-dealkylation sites (tertiary alicyclic amines) is 1. The quantitative estimate of drug-likeness (QED) is 0.564.